The number of piperidine rings is 1. The third-order valence-electron chi connectivity index (χ3n) is 4.84. The molecule has 2 aliphatic rings. The first-order valence-corrected chi connectivity index (χ1v) is 8.89. The Morgan fingerprint density at radius 1 is 1.05 bits per heavy atom. The molecule has 0 amide bonds. The van der Waals surface area contributed by atoms with Gasteiger partial charge < -0.3 is 10.6 Å². The number of nitrogens with one attached hydrogen (secondary N) is 2. The zero-order chi connectivity index (χ0) is 15.1. The van der Waals surface area contributed by atoms with Crippen LogP contribution in [0.25, 0.3) is 0 Å². The number of anilines is 1. The fourth-order valence-electron chi connectivity index (χ4n) is 3.56. The molecule has 0 saturated carbocycles. The summed E-state index contributed by atoms with van der Waals surface area (Å²) in [4.78, 5) is 2.72. The fourth-order valence-corrected chi connectivity index (χ4v) is 4.57. The minimum Gasteiger partial charge on any atom is -0.380 e. The summed E-state index contributed by atoms with van der Waals surface area (Å²) in [5.41, 5.74) is 5.56. The lowest BCUT2D eigenvalue weighted by Gasteiger charge is -2.26. The molecule has 2 aromatic carbocycles. The third kappa shape index (κ3) is 2.42. The van der Waals surface area contributed by atoms with Crippen molar-refractivity contribution in [2.75, 3.05) is 18.4 Å². The Morgan fingerprint density at radius 3 is 2.68 bits per heavy atom. The Balaban J connectivity index is 1.71. The van der Waals surface area contributed by atoms with Crippen LogP contribution in [0.2, 0.25) is 0 Å². The molecule has 1 saturated heterocycles. The first-order valence-electron chi connectivity index (χ1n) is 8.07. The van der Waals surface area contributed by atoms with Gasteiger partial charge in [0.1, 0.15) is 0 Å². The molecule has 0 bridgehead atoms. The third-order valence-corrected chi connectivity index (χ3v) is 6.08. The van der Waals surface area contributed by atoms with Crippen LogP contribution in [0, 0.1) is 13.8 Å². The average molecular weight is 310 g/mol. The molecule has 4 rings (SSSR count). The predicted molar refractivity (Wildman–Crippen MR) is 94.1 cm³/mol. The highest BCUT2D eigenvalue weighted by atomic mass is 32.2. The van der Waals surface area contributed by atoms with Crippen LogP contribution in [-0.4, -0.2) is 19.1 Å². The highest BCUT2D eigenvalue weighted by molar-refractivity contribution is 7.99. The van der Waals surface area contributed by atoms with Crippen LogP contribution in [0.4, 0.5) is 5.69 Å². The molecule has 2 atom stereocenters. The second kappa shape index (κ2) is 5.64. The van der Waals surface area contributed by atoms with E-state index < -0.39 is 0 Å². The topological polar surface area (TPSA) is 24.1 Å². The normalized spacial score (nSPS) is 22.8. The van der Waals surface area contributed by atoms with Crippen molar-refractivity contribution in [2.45, 2.75) is 42.0 Å². The van der Waals surface area contributed by atoms with Crippen LogP contribution in [0.3, 0.4) is 0 Å². The van der Waals surface area contributed by atoms with Gasteiger partial charge in [0.25, 0.3) is 0 Å². The lowest BCUT2D eigenvalue weighted by atomic mass is 9.90. The van der Waals surface area contributed by atoms with E-state index in [1.54, 1.807) is 0 Å². The molecule has 2 heterocycles. The number of aryl methyl sites for hydroxylation is 2. The summed E-state index contributed by atoms with van der Waals surface area (Å²) in [6.07, 6.45) is 1.22. The van der Waals surface area contributed by atoms with Gasteiger partial charge in [-0.15, -0.1) is 0 Å². The van der Waals surface area contributed by atoms with Crippen molar-refractivity contribution in [2.24, 2.45) is 0 Å². The minimum atomic E-state index is 0.607. The lowest BCUT2D eigenvalue weighted by molar-refractivity contribution is 0.440. The molecule has 2 nitrogen and oxygen atoms in total. The Bertz CT molecular complexity index is 693. The van der Waals surface area contributed by atoms with Gasteiger partial charge >= 0.3 is 0 Å². The summed E-state index contributed by atoms with van der Waals surface area (Å²) in [5, 5.41) is 7.36. The first-order chi connectivity index (χ1) is 10.7. The zero-order valence-corrected chi connectivity index (χ0v) is 14.0. The van der Waals surface area contributed by atoms with Gasteiger partial charge in [-0.2, -0.15) is 0 Å². The molecule has 114 valence electrons. The largest absolute Gasteiger partial charge is 0.380 e. The van der Waals surface area contributed by atoms with Gasteiger partial charge in [0, 0.05) is 28.3 Å². The summed E-state index contributed by atoms with van der Waals surface area (Å²) in [7, 11) is 0. The molecule has 2 N–H and O–H groups in total. The monoisotopic (exact) mass is 310 g/mol. The highest BCUT2D eigenvalue weighted by Crippen LogP contribution is 2.46. The number of fused-ring (bicyclic) bond motifs is 3. The molecule has 3 heteroatoms. The molecular weight excluding hydrogens is 288 g/mol. The summed E-state index contributed by atoms with van der Waals surface area (Å²) >= 11 is 1.89. The van der Waals surface area contributed by atoms with E-state index in [2.05, 4.69) is 60.9 Å². The second-order valence-electron chi connectivity index (χ2n) is 6.44. The second-order valence-corrected chi connectivity index (χ2v) is 7.52. The van der Waals surface area contributed by atoms with Gasteiger partial charge in [0.05, 0.1) is 5.69 Å². The van der Waals surface area contributed by atoms with Crippen molar-refractivity contribution in [3.8, 4) is 0 Å². The molecular formula is C19H22N2S. The van der Waals surface area contributed by atoms with E-state index in [1.807, 2.05) is 11.8 Å². The summed E-state index contributed by atoms with van der Waals surface area (Å²) < 4.78 is 0. The Hall–Kier alpha value is -1.45. The maximum atomic E-state index is 3.82. The minimum absolute atomic E-state index is 0.607. The Labute approximate surface area is 136 Å². The molecule has 0 aliphatic carbocycles. The van der Waals surface area contributed by atoms with Crippen molar-refractivity contribution in [1.29, 1.82) is 0 Å². The molecule has 0 radical (unpaired) electrons. The number of rotatable bonds is 2. The van der Waals surface area contributed by atoms with Gasteiger partial charge in [-0.05, 0) is 50.1 Å². The molecule has 2 aliphatic heterocycles. The van der Waals surface area contributed by atoms with Crippen LogP contribution < -0.4 is 10.6 Å². The van der Waals surface area contributed by atoms with E-state index in [-0.39, 0.29) is 0 Å². The van der Waals surface area contributed by atoms with Crippen LogP contribution in [0.5, 0.6) is 0 Å². The Morgan fingerprint density at radius 2 is 1.86 bits per heavy atom. The first kappa shape index (κ1) is 14.2. The fraction of sp³-hybridized carbons (Fsp3) is 0.368. The SMILES string of the molecule is Cc1ccc(Sc2c(C)ccc3c2NC2CCNCC32)cc1. The van der Waals surface area contributed by atoms with E-state index in [1.165, 1.54) is 38.6 Å². The van der Waals surface area contributed by atoms with Gasteiger partial charge in [0.2, 0.25) is 0 Å². The maximum absolute atomic E-state index is 3.82. The quantitative estimate of drug-likeness (QED) is 0.863. The molecule has 1 fully saturated rings. The van der Waals surface area contributed by atoms with Crippen LogP contribution in [-0.2, 0) is 0 Å². The molecule has 2 aromatic rings. The van der Waals surface area contributed by atoms with Crippen molar-refractivity contribution in [1.82, 2.24) is 5.32 Å². The zero-order valence-electron chi connectivity index (χ0n) is 13.1. The van der Waals surface area contributed by atoms with Crippen LogP contribution >= 0.6 is 11.8 Å². The standard InChI is InChI=1S/C19H22N2S/c1-12-3-6-14(7-4-12)22-19-13(2)5-8-15-16-11-20-10-9-17(16)21-18(15)19/h3-8,16-17,20-21H,9-11H2,1-2H3. The molecule has 22 heavy (non-hydrogen) atoms. The van der Waals surface area contributed by atoms with E-state index in [9.17, 15) is 0 Å². The molecule has 0 aromatic heterocycles. The van der Waals surface area contributed by atoms with Crippen LogP contribution in [0.1, 0.15) is 29.0 Å². The van der Waals surface area contributed by atoms with E-state index in [4.69, 9.17) is 0 Å². The number of benzene rings is 2. The smallest absolute Gasteiger partial charge is 0.0523 e. The van der Waals surface area contributed by atoms with Crippen LogP contribution in [0.15, 0.2) is 46.2 Å². The summed E-state index contributed by atoms with van der Waals surface area (Å²) in [6, 6.07) is 14.1. The van der Waals surface area contributed by atoms with Crippen molar-refractivity contribution >= 4 is 17.4 Å². The van der Waals surface area contributed by atoms with Crippen molar-refractivity contribution < 1.29 is 0 Å². The van der Waals surface area contributed by atoms with Crippen molar-refractivity contribution in [3.63, 3.8) is 0 Å². The number of hydrogen-bond donors (Lipinski definition) is 2. The van der Waals surface area contributed by atoms with E-state index in [0.29, 0.717) is 12.0 Å². The predicted octanol–water partition coefficient (Wildman–Crippen LogP) is 4.33. The van der Waals surface area contributed by atoms with E-state index in [0.717, 1.165) is 13.1 Å². The van der Waals surface area contributed by atoms with Gasteiger partial charge in [0.15, 0.2) is 0 Å². The van der Waals surface area contributed by atoms with E-state index >= 15 is 0 Å². The average Bonchev–Trinajstić information content (AvgIpc) is 2.91. The Kier molecular flexibility index (Phi) is 3.63. The van der Waals surface area contributed by atoms with Crippen molar-refractivity contribution in [3.05, 3.63) is 53.1 Å². The molecule has 2 unspecified atom stereocenters. The number of hydrogen-bond acceptors (Lipinski definition) is 3. The summed E-state index contributed by atoms with van der Waals surface area (Å²) in [6.45, 7) is 6.59. The summed E-state index contributed by atoms with van der Waals surface area (Å²) in [5.74, 6) is 0.627. The van der Waals surface area contributed by atoms with Gasteiger partial charge in [-0.25, -0.2) is 0 Å². The van der Waals surface area contributed by atoms with Gasteiger partial charge in [-0.1, -0.05) is 41.6 Å². The maximum Gasteiger partial charge on any atom is 0.0523 e. The highest BCUT2D eigenvalue weighted by Gasteiger charge is 2.35. The lowest BCUT2D eigenvalue weighted by Crippen LogP contribution is -2.38. The van der Waals surface area contributed by atoms with Gasteiger partial charge in [-0.3, -0.25) is 0 Å². The molecule has 0 spiro atoms.